The Morgan fingerprint density at radius 1 is 1.25 bits per heavy atom. The summed E-state index contributed by atoms with van der Waals surface area (Å²) in [5.74, 6) is 0.963. The lowest BCUT2D eigenvalue weighted by Crippen LogP contribution is -2.46. The van der Waals surface area contributed by atoms with Gasteiger partial charge < -0.3 is 9.47 Å². The van der Waals surface area contributed by atoms with E-state index in [4.69, 9.17) is 9.47 Å². The van der Waals surface area contributed by atoms with E-state index in [1.807, 2.05) is 0 Å². The third-order valence-corrected chi connectivity index (χ3v) is 4.11. The Morgan fingerprint density at radius 2 is 1.90 bits per heavy atom. The standard InChI is InChI=1S/C16H24BrNO2/c1-11-7-12(2)16(15(17)8-11)19-6-5-18-9-13(3)20-14(4)10-18/h7-8,13-14H,5-6,9-10H2,1-4H3/t13-,14+. The molecule has 0 bridgehead atoms. The van der Waals surface area contributed by atoms with Gasteiger partial charge >= 0.3 is 0 Å². The molecule has 0 spiro atoms. The van der Waals surface area contributed by atoms with Crippen LogP contribution in [0.4, 0.5) is 0 Å². The zero-order valence-electron chi connectivity index (χ0n) is 12.8. The van der Waals surface area contributed by atoms with E-state index in [1.165, 1.54) is 11.1 Å². The summed E-state index contributed by atoms with van der Waals surface area (Å²) in [6, 6.07) is 4.25. The Morgan fingerprint density at radius 3 is 2.50 bits per heavy atom. The molecule has 1 aromatic carbocycles. The maximum absolute atomic E-state index is 5.97. The third-order valence-electron chi connectivity index (χ3n) is 3.52. The van der Waals surface area contributed by atoms with Crippen molar-refractivity contribution in [2.75, 3.05) is 26.2 Å². The van der Waals surface area contributed by atoms with E-state index in [-0.39, 0.29) is 0 Å². The highest BCUT2D eigenvalue weighted by atomic mass is 79.9. The molecular formula is C16H24BrNO2. The van der Waals surface area contributed by atoms with Crippen LogP contribution in [0.15, 0.2) is 16.6 Å². The van der Waals surface area contributed by atoms with E-state index in [9.17, 15) is 0 Å². The molecule has 3 nitrogen and oxygen atoms in total. The van der Waals surface area contributed by atoms with Crippen LogP contribution < -0.4 is 4.74 Å². The molecule has 1 aliphatic rings. The second kappa shape index (κ2) is 6.92. The Hall–Kier alpha value is -0.580. The number of morpholine rings is 1. The van der Waals surface area contributed by atoms with Crippen molar-refractivity contribution in [2.45, 2.75) is 39.9 Å². The molecule has 112 valence electrons. The molecule has 1 aromatic rings. The Bertz CT molecular complexity index is 431. The summed E-state index contributed by atoms with van der Waals surface area (Å²) in [6.45, 7) is 12.1. The highest BCUT2D eigenvalue weighted by Crippen LogP contribution is 2.30. The third kappa shape index (κ3) is 4.21. The van der Waals surface area contributed by atoms with Gasteiger partial charge in [-0.25, -0.2) is 0 Å². The largest absolute Gasteiger partial charge is 0.491 e. The van der Waals surface area contributed by atoms with Crippen LogP contribution in [-0.4, -0.2) is 43.3 Å². The Labute approximate surface area is 130 Å². The van der Waals surface area contributed by atoms with E-state index in [1.54, 1.807) is 0 Å². The van der Waals surface area contributed by atoms with Gasteiger partial charge in [-0.3, -0.25) is 4.90 Å². The van der Waals surface area contributed by atoms with Gasteiger partial charge in [-0.05, 0) is 60.8 Å². The first-order valence-corrected chi connectivity index (χ1v) is 8.02. The van der Waals surface area contributed by atoms with E-state index in [0.29, 0.717) is 18.8 Å². The summed E-state index contributed by atoms with van der Waals surface area (Å²) in [6.07, 6.45) is 0.623. The molecule has 4 heteroatoms. The lowest BCUT2D eigenvalue weighted by Gasteiger charge is -2.35. The Balaban J connectivity index is 1.87. The normalized spacial score (nSPS) is 23.9. The average Bonchev–Trinajstić information content (AvgIpc) is 2.31. The number of hydrogen-bond donors (Lipinski definition) is 0. The van der Waals surface area contributed by atoms with Crippen LogP contribution in [0.1, 0.15) is 25.0 Å². The molecule has 0 N–H and O–H groups in total. The fourth-order valence-corrected chi connectivity index (χ4v) is 3.62. The first kappa shape index (κ1) is 15.8. The van der Waals surface area contributed by atoms with E-state index >= 15 is 0 Å². The molecule has 1 heterocycles. The monoisotopic (exact) mass is 341 g/mol. The first-order valence-electron chi connectivity index (χ1n) is 7.23. The van der Waals surface area contributed by atoms with Crippen LogP contribution >= 0.6 is 15.9 Å². The van der Waals surface area contributed by atoms with Gasteiger partial charge in [0.05, 0.1) is 16.7 Å². The number of rotatable bonds is 4. The predicted molar refractivity (Wildman–Crippen MR) is 85.6 cm³/mol. The fraction of sp³-hybridized carbons (Fsp3) is 0.625. The van der Waals surface area contributed by atoms with Crippen molar-refractivity contribution >= 4 is 15.9 Å². The SMILES string of the molecule is Cc1cc(C)c(OCCN2C[C@@H](C)O[C@@H](C)C2)c(Br)c1. The van der Waals surface area contributed by atoms with E-state index < -0.39 is 0 Å². The van der Waals surface area contributed by atoms with Crippen LogP contribution in [0.3, 0.4) is 0 Å². The smallest absolute Gasteiger partial charge is 0.136 e. The van der Waals surface area contributed by atoms with Gasteiger partial charge in [-0.15, -0.1) is 0 Å². The van der Waals surface area contributed by atoms with Gasteiger partial charge in [-0.1, -0.05) is 6.07 Å². The summed E-state index contributed by atoms with van der Waals surface area (Å²) in [5.41, 5.74) is 2.43. The first-order chi connectivity index (χ1) is 9.45. The minimum atomic E-state index is 0.312. The molecule has 0 saturated carbocycles. The lowest BCUT2D eigenvalue weighted by atomic mass is 10.1. The van der Waals surface area contributed by atoms with Crippen LogP contribution in [0.25, 0.3) is 0 Å². The topological polar surface area (TPSA) is 21.7 Å². The molecule has 1 fully saturated rings. The maximum atomic E-state index is 5.97. The molecule has 1 saturated heterocycles. The van der Waals surface area contributed by atoms with Crippen LogP contribution in [0, 0.1) is 13.8 Å². The lowest BCUT2D eigenvalue weighted by molar-refractivity contribution is -0.0699. The minimum absolute atomic E-state index is 0.312. The van der Waals surface area contributed by atoms with Crippen molar-refractivity contribution in [3.05, 3.63) is 27.7 Å². The minimum Gasteiger partial charge on any atom is -0.491 e. The van der Waals surface area contributed by atoms with E-state index in [2.05, 4.69) is 60.7 Å². The molecule has 2 atom stereocenters. The molecule has 0 amide bonds. The number of benzene rings is 1. The summed E-state index contributed by atoms with van der Waals surface area (Å²) in [4.78, 5) is 2.41. The van der Waals surface area contributed by atoms with Crippen molar-refractivity contribution in [1.82, 2.24) is 4.90 Å². The molecule has 0 aromatic heterocycles. The zero-order valence-corrected chi connectivity index (χ0v) is 14.4. The highest BCUT2D eigenvalue weighted by Gasteiger charge is 2.21. The van der Waals surface area contributed by atoms with E-state index in [0.717, 1.165) is 29.9 Å². The van der Waals surface area contributed by atoms with Crippen LogP contribution in [0.2, 0.25) is 0 Å². The van der Waals surface area contributed by atoms with Gasteiger partial charge in [0.1, 0.15) is 12.4 Å². The van der Waals surface area contributed by atoms with Gasteiger partial charge in [0.2, 0.25) is 0 Å². The maximum Gasteiger partial charge on any atom is 0.136 e. The van der Waals surface area contributed by atoms with Gasteiger partial charge in [0, 0.05) is 19.6 Å². The summed E-state index contributed by atoms with van der Waals surface area (Å²) in [7, 11) is 0. The number of aryl methyl sites for hydroxylation is 2. The number of hydrogen-bond acceptors (Lipinski definition) is 3. The second-order valence-electron chi connectivity index (χ2n) is 5.76. The molecule has 0 unspecified atom stereocenters. The Kier molecular flexibility index (Phi) is 5.47. The summed E-state index contributed by atoms with van der Waals surface area (Å²) >= 11 is 3.58. The number of ether oxygens (including phenoxy) is 2. The highest BCUT2D eigenvalue weighted by molar-refractivity contribution is 9.10. The van der Waals surface area contributed by atoms with Crippen molar-refractivity contribution in [2.24, 2.45) is 0 Å². The quantitative estimate of drug-likeness (QED) is 0.835. The second-order valence-corrected chi connectivity index (χ2v) is 6.61. The molecule has 2 rings (SSSR count). The van der Waals surface area contributed by atoms with Crippen LogP contribution in [0.5, 0.6) is 5.75 Å². The number of nitrogens with zero attached hydrogens (tertiary/aromatic N) is 1. The average molecular weight is 342 g/mol. The number of halogens is 1. The zero-order chi connectivity index (χ0) is 14.7. The van der Waals surface area contributed by atoms with Crippen LogP contribution in [-0.2, 0) is 4.74 Å². The fourth-order valence-electron chi connectivity index (χ4n) is 2.83. The van der Waals surface area contributed by atoms with Gasteiger partial charge in [0.25, 0.3) is 0 Å². The predicted octanol–water partition coefficient (Wildman–Crippen LogP) is 3.55. The van der Waals surface area contributed by atoms with Gasteiger partial charge in [-0.2, -0.15) is 0 Å². The molecule has 0 aliphatic carbocycles. The molecule has 20 heavy (non-hydrogen) atoms. The van der Waals surface area contributed by atoms with Crippen molar-refractivity contribution in [3.63, 3.8) is 0 Å². The molecule has 0 radical (unpaired) electrons. The van der Waals surface area contributed by atoms with Crippen molar-refractivity contribution in [3.8, 4) is 5.75 Å². The van der Waals surface area contributed by atoms with Gasteiger partial charge in [0.15, 0.2) is 0 Å². The molecule has 1 aliphatic heterocycles. The summed E-state index contributed by atoms with van der Waals surface area (Å²) < 4.78 is 12.7. The summed E-state index contributed by atoms with van der Waals surface area (Å²) in [5, 5.41) is 0. The molecular weight excluding hydrogens is 318 g/mol. The van der Waals surface area contributed by atoms with Crippen molar-refractivity contribution < 1.29 is 9.47 Å². The van der Waals surface area contributed by atoms with Crippen molar-refractivity contribution in [1.29, 1.82) is 0 Å².